The molecule has 1 aliphatic carbocycles. The first-order valence-electron chi connectivity index (χ1n) is 7.67. The highest BCUT2D eigenvalue weighted by Gasteiger charge is 2.34. The monoisotopic (exact) mass is 362 g/mol. The first kappa shape index (κ1) is 14.6. The van der Waals surface area contributed by atoms with Crippen molar-refractivity contribution in [3.05, 3.63) is 68.5 Å². The number of aromatic carboxylic acids is 1. The van der Waals surface area contributed by atoms with Crippen LogP contribution in [0.15, 0.2) is 53.9 Å². The molecule has 120 valence electrons. The van der Waals surface area contributed by atoms with Crippen molar-refractivity contribution in [2.45, 2.75) is 0 Å². The van der Waals surface area contributed by atoms with Gasteiger partial charge in [0.05, 0.1) is 9.75 Å². The average molecular weight is 362 g/mol. The Kier molecular flexibility index (Phi) is 2.98. The zero-order valence-corrected chi connectivity index (χ0v) is 14.4. The molecule has 0 spiro atoms. The molecule has 2 aromatic carbocycles. The van der Waals surface area contributed by atoms with Crippen LogP contribution in [-0.2, 0) is 0 Å². The SMILES string of the molecule is O=C(O)c1sc(C(=O)c2cccs2)c2c1-c1cccc3cccc-2c13. The fourth-order valence-corrected chi connectivity index (χ4v) is 5.39. The molecule has 0 amide bonds. The number of carboxylic acids is 1. The summed E-state index contributed by atoms with van der Waals surface area (Å²) < 4.78 is 0. The standard InChI is InChI=1S/C20H10O3S2/c21-17(13-8-3-9-24-13)18-15-11-6-1-4-10-5-2-7-12(14(10)11)16(15)19(25-18)20(22)23/h1-9H,(H,22,23). The maximum Gasteiger partial charge on any atom is 0.346 e. The van der Waals surface area contributed by atoms with Crippen LogP contribution in [0.3, 0.4) is 0 Å². The minimum Gasteiger partial charge on any atom is -0.477 e. The second-order valence-corrected chi connectivity index (χ2v) is 7.80. The molecule has 5 rings (SSSR count). The van der Waals surface area contributed by atoms with Gasteiger partial charge in [-0.1, -0.05) is 42.5 Å². The molecule has 2 aromatic heterocycles. The summed E-state index contributed by atoms with van der Waals surface area (Å²) in [7, 11) is 0. The van der Waals surface area contributed by atoms with Crippen LogP contribution in [0.1, 0.15) is 24.2 Å². The molecule has 0 unspecified atom stereocenters. The number of hydrogen-bond acceptors (Lipinski definition) is 4. The van der Waals surface area contributed by atoms with Gasteiger partial charge in [0, 0.05) is 11.1 Å². The third kappa shape index (κ3) is 1.91. The first-order chi connectivity index (χ1) is 12.2. The van der Waals surface area contributed by atoms with Crippen LogP contribution in [-0.4, -0.2) is 16.9 Å². The van der Waals surface area contributed by atoms with Gasteiger partial charge in [-0.2, -0.15) is 0 Å². The number of ketones is 1. The summed E-state index contributed by atoms with van der Waals surface area (Å²) >= 11 is 2.46. The highest BCUT2D eigenvalue weighted by atomic mass is 32.1. The fraction of sp³-hybridized carbons (Fsp3) is 0. The van der Waals surface area contributed by atoms with E-state index in [2.05, 4.69) is 0 Å². The highest BCUT2D eigenvalue weighted by molar-refractivity contribution is 7.19. The zero-order valence-electron chi connectivity index (χ0n) is 12.8. The molecular weight excluding hydrogens is 352 g/mol. The maximum atomic E-state index is 13.0. The van der Waals surface area contributed by atoms with Crippen molar-refractivity contribution in [2.24, 2.45) is 0 Å². The van der Waals surface area contributed by atoms with E-state index in [4.69, 9.17) is 0 Å². The second kappa shape index (κ2) is 5.12. The predicted octanol–water partition coefficient (Wildman–Crippen LogP) is 5.54. The van der Waals surface area contributed by atoms with Crippen LogP contribution in [0.4, 0.5) is 0 Å². The van der Waals surface area contributed by atoms with E-state index in [9.17, 15) is 14.7 Å². The van der Waals surface area contributed by atoms with Gasteiger partial charge >= 0.3 is 5.97 Å². The van der Waals surface area contributed by atoms with Crippen molar-refractivity contribution in [1.82, 2.24) is 0 Å². The first-order valence-corrected chi connectivity index (χ1v) is 9.37. The van der Waals surface area contributed by atoms with Crippen LogP contribution in [0, 0.1) is 0 Å². The number of carbonyl (C=O) groups is 2. The van der Waals surface area contributed by atoms with Crippen LogP contribution >= 0.6 is 22.7 Å². The van der Waals surface area contributed by atoms with Crippen molar-refractivity contribution in [1.29, 1.82) is 0 Å². The number of thiophene rings is 2. The molecule has 0 bridgehead atoms. The van der Waals surface area contributed by atoms with E-state index < -0.39 is 5.97 Å². The molecular formula is C20H10O3S2. The molecule has 0 aliphatic heterocycles. The van der Waals surface area contributed by atoms with Crippen molar-refractivity contribution in [2.75, 3.05) is 0 Å². The summed E-state index contributed by atoms with van der Waals surface area (Å²) in [4.78, 5) is 26.2. The predicted molar refractivity (Wildman–Crippen MR) is 101 cm³/mol. The lowest BCUT2D eigenvalue weighted by atomic mass is 10.0. The van der Waals surface area contributed by atoms with E-state index in [0.29, 0.717) is 15.3 Å². The van der Waals surface area contributed by atoms with Crippen molar-refractivity contribution in [3.63, 3.8) is 0 Å². The largest absolute Gasteiger partial charge is 0.477 e. The smallest absolute Gasteiger partial charge is 0.346 e. The third-order valence-electron chi connectivity index (χ3n) is 4.50. The number of hydrogen-bond donors (Lipinski definition) is 1. The van der Waals surface area contributed by atoms with Gasteiger partial charge in [0.25, 0.3) is 0 Å². The number of rotatable bonds is 3. The van der Waals surface area contributed by atoms with E-state index in [0.717, 1.165) is 38.8 Å². The third-order valence-corrected chi connectivity index (χ3v) is 6.54. The Balaban J connectivity index is 1.89. The summed E-state index contributed by atoms with van der Waals surface area (Å²) in [6.07, 6.45) is 0. The molecule has 0 saturated heterocycles. The van der Waals surface area contributed by atoms with Gasteiger partial charge in [0.15, 0.2) is 0 Å². The highest BCUT2D eigenvalue weighted by Crippen LogP contribution is 2.53. The summed E-state index contributed by atoms with van der Waals surface area (Å²) in [6.45, 7) is 0. The van der Waals surface area contributed by atoms with Gasteiger partial charge in [-0.05, 0) is 33.3 Å². The Morgan fingerprint density at radius 1 is 0.840 bits per heavy atom. The fourth-order valence-electron chi connectivity index (χ4n) is 3.53. The topological polar surface area (TPSA) is 54.4 Å². The van der Waals surface area contributed by atoms with Crippen molar-refractivity contribution >= 4 is 45.2 Å². The van der Waals surface area contributed by atoms with Gasteiger partial charge < -0.3 is 5.11 Å². The average Bonchev–Trinajstić information content (AvgIpc) is 3.32. The summed E-state index contributed by atoms with van der Waals surface area (Å²) in [6, 6.07) is 15.4. The Morgan fingerprint density at radius 2 is 1.52 bits per heavy atom. The lowest BCUT2D eigenvalue weighted by Gasteiger charge is -2.03. The van der Waals surface area contributed by atoms with E-state index in [1.807, 2.05) is 47.8 Å². The lowest BCUT2D eigenvalue weighted by molar-refractivity contribution is 0.0703. The second-order valence-electron chi connectivity index (χ2n) is 5.83. The van der Waals surface area contributed by atoms with Crippen LogP contribution in [0.5, 0.6) is 0 Å². The number of carboxylic acid groups (broad SMARTS) is 1. The molecule has 0 saturated carbocycles. The minimum atomic E-state index is -0.990. The number of carbonyl (C=O) groups excluding carboxylic acids is 1. The zero-order chi connectivity index (χ0) is 17.1. The normalized spacial score (nSPS) is 11.7. The summed E-state index contributed by atoms with van der Waals surface area (Å²) in [5.74, 6) is -1.09. The van der Waals surface area contributed by atoms with Crippen molar-refractivity contribution < 1.29 is 14.7 Å². The molecule has 0 radical (unpaired) electrons. The molecule has 0 fully saturated rings. The molecule has 5 heteroatoms. The number of benzene rings is 2. The molecule has 3 nitrogen and oxygen atoms in total. The molecule has 4 aromatic rings. The van der Waals surface area contributed by atoms with Crippen LogP contribution in [0.25, 0.3) is 33.0 Å². The Labute approximate surface area is 150 Å². The van der Waals surface area contributed by atoms with Gasteiger partial charge in [0.2, 0.25) is 5.78 Å². The quantitative estimate of drug-likeness (QED) is 0.429. The van der Waals surface area contributed by atoms with Gasteiger partial charge in [-0.25, -0.2) is 4.79 Å². The van der Waals surface area contributed by atoms with Gasteiger partial charge in [-0.3, -0.25) is 4.79 Å². The van der Waals surface area contributed by atoms with E-state index >= 15 is 0 Å². The Bertz CT molecular complexity index is 1180. The van der Waals surface area contributed by atoms with Crippen molar-refractivity contribution in [3.8, 4) is 22.3 Å². The summed E-state index contributed by atoms with van der Waals surface area (Å²) in [5, 5.41) is 13.7. The Hall–Kier alpha value is -2.76. The van der Waals surface area contributed by atoms with Crippen LogP contribution < -0.4 is 0 Å². The van der Waals surface area contributed by atoms with E-state index in [-0.39, 0.29) is 10.7 Å². The van der Waals surface area contributed by atoms with E-state index in [1.54, 1.807) is 6.07 Å². The Morgan fingerprint density at radius 3 is 2.12 bits per heavy atom. The number of fused-ring (bicyclic) bond motifs is 3. The molecule has 1 aliphatic rings. The van der Waals surface area contributed by atoms with E-state index in [1.165, 1.54) is 11.3 Å². The van der Waals surface area contributed by atoms with Gasteiger partial charge in [-0.15, -0.1) is 22.7 Å². The maximum absolute atomic E-state index is 13.0. The molecule has 0 atom stereocenters. The molecule has 25 heavy (non-hydrogen) atoms. The summed E-state index contributed by atoms with van der Waals surface area (Å²) in [5.41, 5.74) is 3.31. The molecule has 1 N–H and O–H groups in total. The lowest BCUT2D eigenvalue weighted by Crippen LogP contribution is -1.97. The van der Waals surface area contributed by atoms with Gasteiger partial charge in [0.1, 0.15) is 4.88 Å². The van der Waals surface area contributed by atoms with Crippen LogP contribution in [0.2, 0.25) is 0 Å². The molecule has 2 heterocycles. The minimum absolute atomic E-state index is 0.103.